The Morgan fingerprint density at radius 1 is 1.00 bits per heavy atom. The summed E-state index contributed by atoms with van der Waals surface area (Å²) in [5.41, 5.74) is 2.16. The molecule has 0 atom stereocenters. The molecular formula is C24H24N2O7S. The Labute approximate surface area is 197 Å². The maximum absolute atomic E-state index is 13.0. The predicted octanol–water partition coefficient (Wildman–Crippen LogP) is 3.25. The summed E-state index contributed by atoms with van der Waals surface area (Å²) in [5.74, 6) is -0.377. The van der Waals surface area contributed by atoms with Gasteiger partial charge in [0.05, 0.1) is 16.1 Å². The van der Waals surface area contributed by atoms with Gasteiger partial charge >= 0.3 is 5.97 Å². The highest BCUT2D eigenvalue weighted by Gasteiger charge is 2.23. The normalized spacial score (nSPS) is 12.8. The molecule has 10 heteroatoms. The summed E-state index contributed by atoms with van der Waals surface area (Å²) in [5, 5.41) is 0. The van der Waals surface area contributed by atoms with Crippen molar-refractivity contribution in [3.8, 4) is 11.5 Å². The number of carbonyl (C=O) groups is 2. The zero-order chi connectivity index (χ0) is 24.5. The largest absolute Gasteiger partial charge is 0.486 e. The number of sulfonamides is 1. The van der Waals surface area contributed by atoms with Gasteiger partial charge in [-0.1, -0.05) is 12.1 Å². The van der Waals surface area contributed by atoms with Gasteiger partial charge in [-0.2, -0.15) is 0 Å². The third kappa shape index (κ3) is 4.62. The van der Waals surface area contributed by atoms with E-state index >= 15 is 0 Å². The molecule has 0 aliphatic carbocycles. The summed E-state index contributed by atoms with van der Waals surface area (Å²) in [4.78, 5) is 25.2. The second-order valence-corrected chi connectivity index (χ2v) is 9.48. The van der Waals surface area contributed by atoms with Crippen LogP contribution >= 0.6 is 0 Å². The zero-order valence-corrected chi connectivity index (χ0v) is 19.8. The van der Waals surface area contributed by atoms with Crippen LogP contribution in [0.15, 0.2) is 53.4 Å². The van der Waals surface area contributed by atoms with E-state index in [4.69, 9.17) is 14.2 Å². The minimum absolute atomic E-state index is 0.0163. The Morgan fingerprint density at radius 2 is 1.71 bits per heavy atom. The van der Waals surface area contributed by atoms with Crippen molar-refractivity contribution in [1.29, 1.82) is 0 Å². The molecule has 2 heterocycles. The molecule has 0 saturated heterocycles. The fourth-order valence-electron chi connectivity index (χ4n) is 3.57. The number of para-hydroxylation sites is 1. The Balaban J connectivity index is 1.50. The monoisotopic (exact) mass is 484 g/mol. The molecule has 0 saturated carbocycles. The van der Waals surface area contributed by atoms with Crippen molar-refractivity contribution < 1.29 is 32.2 Å². The number of nitrogens with one attached hydrogen (secondary N) is 1. The van der Waals surface area contributed by atoms with Crippen LogP contribution in [-0.2, 0) is 21.8 Å². The molecule has 0 fully saturated rings. The summed E-state index contributed by atoms with van der Waals surface area (Å²) >= 11 is 0. The van der Waals surface area contributed by atoms with E-state index < -0.39 is 22.6 Å². The van der Waals surface area contributed by atoms with Gasteiger partial charge in [0.2, 0.25) is 5.78 Å². The van der Waals surface area contributed by atoms with Gasteiger partial charge in [-0.25, -0.2) is 13.2 Å². The van der Waals surface area contributed by atoms with E-state index in [0.717, 1.165) is 11.4 Å². The molecule has 178 valence electrons. The molecule has 0 bridgehead atoms. The lowest BCUT2D eigenvalue weighted by molar-refractivity contribution is 0.0475. The van der Waals surface area contributed by atoms with Gasteiger partial charge in [0.1, 0.15) is 13.2 Å². The first kappa shape index (κ1) is 23.4. The lowest BCUT2D eigenvalue weighted by Crippen LogP contribution is -2.19. The molecule has 1 aromatic heterocycles. The Morgan fingerprint density at radius 3 is 2.41 bits per heavy atom. The van der Waals surface area contributed by atoms with Gasteiger partial charge in [0.25, 0.3) is 10.0 Å². The van der Waals surface area contributed by atoms with Gasteiger partial charge in [0, 0.05) is 30.1 Å². The van der Waals surface area contributed by atoms with Crippen molar-refractivity contribution in [3.05, 3.63) is 71.0 Å². The molecule has 0 unspecified atom stereocenters. The van der Waals surface area contributed by atoms with Gasteiger partial charge in [-0.3, -0.25) is 9.52 Å². The standard InChI is InChI=1S/C24H24N2O7S/c1-15-12-19(16(2)26(15)3)21(27)14-33-24(28)18-6-4-5-7-20(18)25-34(29,30)17-8-9-22-23(13-17)32-11-10-31-22/h4-9,12-13,25H,10-11,14H2,1-3H3. The quantitative estimate of drug-likeness (QED) is 0.405. The maximum Gasteiger partial charge on any atom is 0.340 e. The minimum Gasteiger partial charge on any atom is -0.486 e. The summed E-state index contributed by atoms with van der Waals surface area (Å²) in [7, 11) is -2.20. The molecule has 1 aliphatic rings. The molecule has 0 radical (unpaired) electrons. The van der Waals surface area contributed by atoms with Gasteiger partial charge in [-0.05, 0) is 44.2 Å². The predicted molar refractivity (Wildman–Crippen MR) is 124 cm³/mol. The number of aryl methyl sites for hydroxylation is 1. The van der Waals surface area contributed by atoms with Crippen LogP contribution in [0.2, 0.25) is 0 Å². The molecule has 0 spiro atoms. The van der Waals surface area contributed by atoms with Crippen LogP contribution in [0.25, 0.3) is 0 Å². The number of fused-ring (bicyclic) bond motifs is 1. The van der Waals surface area contributed by atoms with Gasteiger partial charge in [-0.15, -0.1) is 0 Å². The summed E-state index contributed by atoms with van der Waals surface area (Å²) in [6.45, 7) is 3.93. The minimum atomic E-state index is -4.05. The number of esters is 1. The highest BCUT2D eigenvalue weighted by atomic mass is 32.2. The highest BCUT2D eigenvalue weighted by Crippen LogP contribution is 2.33. The number of ether oxygens (including phenoxy) is 3. The van der Waals surface area contributed by atoms with Crippen molar-refractivity contribution in [2.75, 3.05) is 24.5 Å². The van der Waals surface area contributed by atoms with Crippen molar-refractivity contribution in [2.24, 2.45) is 7.05 Å². The van der Waals surface area contributed by atoms with E-state index in [1.165, 1.54) is 30.3 Å². The fraction of sp³-hybridized carbons (Fsp3) is 0.250. The maximum atomic E-state index is 13.0. The van der Waals surface area contributed by atoms with Crippen LogP contribution < -0.4 is 14.2 Å². The average molecular weight is 485 g/mol. The molecule has 34 heavy (non-hydrogen) atoms. The average Bonchev–Trinajstić information content (AvgIpc) is 3.09. The van der Waals surface area contributed by atoms with E-state index in [1.807, 2.05) is 25.5 Å². The number of rotatable bonds is 7. The molecule has 4 rings (SSSR count). The first-order valence-corrected chi connectivity index (χ1v) is 12.0. The van der Waals surface area contributed by atoms with Crippen LogP contribution in [-0.4, -0.2) is 44.6 Å². The van der Waals surface area contributed by atoms with E-state index in [1.54, 1.807) is 18.2 Å². The van der Waals surface area contributed by atoms with Gasteiger partial charge in [0.15, 0.2) is 18.1 Å². The summed E-state index contributed by atoms with van der Waals surface area (Å²) in [6, 6.07) is 12.0. The molecule has 2 aromatic carbocycles. The topological polar surface area (TPSA) is 113 Å². The number of Topliss-reactive ketones (excluding diaryl/α,β-unsaturated/α-hetero) is 1. The number of benzene rings is 2. The number of ketones is 1. The number of hydrogen-bond acceptors (Lipinski definition) is 7. The van der Waals surface area contributed by atoms with Gasteiger partial charge < -0.3 is 18.8 Å². The Kier molecular flexibility index (Phi) is 6.34. The molecule has 1 aliphatic heterocycles. The third-order valence-electron chi connectivity index (χ3n) is 5.63. The van der Waals surface area contributed by atoms with Crippen molar-refractivity contribution >= 4 is 27.5 Å². The SMILES string of the molecule is Cc1cc(C(=O)COC(=O)c2ccccc2NS(=O)(=O)c2ccc3c(c2)OCCO3)c(C)n1C. The van der Waals surface area contributed by atoms with E-state index in [2.05, 4.69) is 4.72 Å². The lowest BCUT2D eigenvalue weighted by Gasteiger charge is -2.19. The van der Waals surface area contributed by atoms with Crippen molar-refractivity contribution in [3.63, 3.8) is 0 Å². The zero-order valence-electron chi connectivity index (χ0n) is 19.0. The molecule has 9 nitrogen and oxygen atoms in total. The molecule has 1 N–H and O–H groups in total. The first-order valence-electron chi connectivity index (χ1n) is 10.5. The van der Waals surface area contributed by atoms with Crippen LogP contribution in [0.1, 0.15) is 32.1 Å². The lowest BCUT2D eigenvalue weighted by atomic mass is 10.1. The van der Waals surface area contributed by atoms with Crippen LogP contribution in [0.3, 0.4) is 0 Å². The second-order valence-electron chi connectivity index (χ2n) is 7.80. The van der Waals surface area contributed by atoms with Crippen LogP contribution in [0.5, 0.6) is 11.5 Å². The Hall–Kier alpha value is -3.79. The van der Waals surface area contributed by atoms with E-state index in [-0.39, 0.29) is 21.9 Å². The molecular weight excluding hydrogens is 460 g/mol. The van der Waals surface area contributed by atoms with Crippen molar-refractivity contribution in [1.82, 2.24) is 4.57 Å². The van der Waals surface area contributed by atoms with Crippen molar-refractivity contribution in [2.45, 2.75) is 18.7 Å². The molecule has 0 amide bonds. The first-order chi connectivity index (χ1) is 16.2. The smallest absolute Gasteiger partial charge is 0.340 e. The fourth-order valence-corrected chi connectivity index (χ4v) is 4.66. The third-order valence-corrected chi connectivity index (χ3v) is 6.99. The summed E-state index contributed by atoms with van der Waals surface area (Å²) in [6.07, 6.45) is 0. The number of carbonyl (C=O) groups excluding carboxylic acids is 2. The van der Waals surface area contributed by atoms with E-state index in [0.29, 0.717) is 30.3 Å². The number of hydrogen-bond donors (Lipinski definition) is 1. The number of nitrogens with zero attached hydrogens (tertiary/aromatic N) is 1. The number of anilines is 1. The summed E-state index contributed by atoms with van der Waals surface area (Å²) < 4.78 is 46.3. The Bertz CT molecular complexity index is 1380. The highest BCUT2D eigenvalue weighted by molar-refractivity contribution is 7.92. The van der Waals surface area contributed by atoms with Crippen LogP contribution in [0, 0.1) is 13.8 Å². The number of aromatic nitrogens is 1. The molecule has 3 aromatic rings. The second kappa shape index (κ2) is 9.22. The van der Waals surface area contributed by atoms with E-state index in [9.17, 15) is 18.0 Å². The van der Waals surface area contributed by atoms with Crippen LogP contribution in [0.4, 0.5) is 5.69 Å².